The Kier molecular flexibility index (Phi) is 3.97. The lowest BCUT2D eigenvalue weighted by Gasteiger charge is -2.10. The topological polar surface area (TPSA) is 39.9 Å². The normalized spacial score (nSPS) is 27.2. The highest BCUT2D eigenvalue weighted by molar-refractivity contribution is 9.09. The summed E-state index contributed by atoms with van der Waals surface area (Å²) in [4.78, 5) is 0.310. The number of alkyl halides is 1. The molecule has 0 radical (unpaired) electrons. The second-order valence-corrected chi connectivity index (χ2v) is 5.49. The van der Waals surface area contributed by atoms with Crippen LogP contribution in [0.2, 0.25) is 0 Å². The maximum absolute atomic E-state index is 5.76. The van der Waals surface area contributed by atoms with Crippen molar-refractivity contribution in [3.05, 3.63) is 11.9 Å². The highest BCUT2D eigenvalue weighted by atomic mass is 79.9. The zero-order valence-corrected chi connectivity index (χ0v) is 11.4. The fourth-order valence-electron chi connectivity index (χ4n) is 1.98. The highest BCUT2D eigenvalue weighted by Gasteiger charge is 2.22. The standard InChI is InChI=1S/C11H18BrN3O/c1-3-10(12)11-7-15(14-13-11)6-9-5-4-8(2)16-9/h7-10H,3-6H2,1-2H3. The molecule has 3 atom stereocenters. The molecule has 1 aromatic rings. The van der Waals surface area contributed by atoms with E-state index < -0.39 is 0 Å². The summed E-state index contributed by atoms with van der Waals surface area (Å²) >= 11 is 3.57. The van der Waals surface area contributed by atoms with Gasteiger partial charge < -0.3 is 4.74 Å². The first-order valence-corrected chi connectivity index (χ1v) is 6.80. The second kappa shape index (κ2) is 5.27. The van der Waals surface area contributed by atoms with E-state index >= 15 is 0 Å². The molecule has 0 saturated carbocycles. The largest absolute Gasteiger partial charge is 0.373 e. The van der Waals surface area contributed by atoms with E-state index in [1.165, 1.54) is 0 Å². The summed E-state index contributed by atoms with van der Waals surface area (Å²) in [6.45, 7) is 5.07. The van der Waals surface area contributed by atoms with Crippen molar-refractivity contribution in [2.45, 2.75) is 56.7 Å². The van der Waals surface area contributed by atoms with E-state index in [0.717, 1.165) is 31.5 Å². The van der Waals surface area contributed by atoms with Crippen molar-refractivity contribution in [1.82, 2.24) is 15.0 Å². The second-order valence-electron chi connectivity index (χ2n) is 4.39. The molecule has 1 saturated heterocycles. The lowest BCUT2D eigenvalue weighted by molar-refractivity contribution is 0.0434. The maximum atomic E-state index is 5.76. The summed E-state index contributed by atoms with van der Waals surface area (Å²) in [6, 6.07) is 0. The molecular formula is C11H18BrN3O. The van der Waals surface area contributed by atoms with Crippen LogP contribution in [0.4, 0.5) is 0 Å². The van der Waals surface area contributed by atoms with E-state index in [-0.39, 0.29) is 0 Å². The number of aromatic nitrogens is 3. The van der Waals surface area contributed by atoms with Gasteiger partial charge in [0, 0.05) is 6.20 Å². The number of hydrogen-bond donors (Lipinski definition) is 0. The van der Waals surface area contributed by atoms with Crippen LogP contribution in [-0.4, -0.2) is 27.2 Å². The molecule has 1 fully saturated rings. The first-order valence-electron chi connectivity index (χ1n) is 5.88. The summed E-state index contributed by atoms with van der Waals surface area (Å²) in [5, 5.41) is 8.29. The predicted molar refractivity (Wildman–Crippen MR) is 65.6 cm³/mol. The van der Waals surface area contributed by atoms with Gasteiger partial charge in [-0.15, -0.1) is 5.10 Å². The first kappa shape index (κ1) is 12.0. The first-order chi connectivity index (χ1) is 7.69. The molecule has 16 heavy (non-hydrogen) atoms. The van der Waals surface area contributed by atoms with Crippen LogP contribution in [0.15, 0.2) is 6.20 Å². The van der Waals surface area contributed by atoms with Crippen LogP contribution in [-0.2, 0) is 11.3 Å². The zero-order chi connectivity index (χ0) is 11.5. The van der Waals surface area contributed by atoms with Gasteiger partial charge in [-0.05, 0) is 26.2 Å². The molecule has 5 heteroatoms. The number of halogens is 1. The molecule has 1 aromatic heterocycles. The molecule has 4 nitrogen and oxygen atoms in total. The van der Waals surface area contributed by atoms with E-state index in [9.17, 15) is 0 Å². The van der Waals surface area contributed by atoms with Crippen molar-refractivity contribution in [2.75, 3.05) is 0 Å². The Balaban J connectivity index is 1.92. The van der Waals surface area contributed by atoms with Crippen molar-refractivity contribution in [1.29, 1.82) is 0 Å². The van der Waals surface area contributed by atoms with Crippen LogP contribution in [0.5, 0.6) is 0 Å². The lowest BCUT2D eigenvalue weighted by atomic mass is 10.2. The molecule has 0 bridgehead atoms. The van der Waals surface area contributed by atoms with Gasteiger partial charge in [-0.1, -0.05) is 28.1 Å². The number of nitrogens with zero attached hydrogens (tertiary/aromatic N) is 3. The van der Waals surface area contributed by atoms with Crippen molar-refractivity contribution < 1.29 is 4.74 Å². The van der Waals surface area contributed by atoms with E-state index in [1.807, 2.05) is 10.9 Å². The average Bonchev–Trinajstić information content (AvgIpc) is 2.87. The van der Waals surface area contributed by atoms with E-state index in [4.69, 9.17) is 4.74 Å². The fourth-order valence-corrected chi connectivity index (χ4v) is 2.19. The van der Waals surface area contributed by atoms with Gasteiger partial charge in [-0.25, -0.2) is 4.68 Å². The monoisotopic (exact) mass is 287 g/mol. The van der Waals surface area contributed by atoms with E-state index in [0.29, 0.717) is 17.0 Å². The predicted octanol–water partition coefficient (Wildman–Crippen LogP) is 2.69. The zero-order valence-electron chi connectivity index (χ0n) is 9.77. The Hall–Kier alpha value is -0.420. The maximum Gasteiger partial charge on any atom is 0.0963 e. The van der Waals surface area contributed by atoms with E-state index in [2.05, 4.69) is 40.1 Å². The summed E-state index contributed by atoms with van der Waals surface area (Å²) in [5.74, 6) is 0. The molecule has 3 unspecified atom stereocenters. The highest BCUT2D eigenvalue weighted by Crippen LogP contribution is 2.24. The van der Waals surface area contributed by atoms with Gasteiger partial charge in [0.15, 0.2) is 0 Å². The van der Waals surface area contributed by atoms with Gasteiger partial charge in [0.2, 0.25) is 0 Å². The molecule has 0 aliphatic carbocycles. The molecule has 0 amide bonds. The van der Waals surface area contributed by atoms with Gasteiger partial charge in [-0.3, -0.25) is 0 Å². The molecule has 2 rings (SSSR count). The fraction of sp³-hybridized carbons (Fsp3) is 0.818. The minimum absolute atomic E-state index is 0.306. The van der Waals surface area contributed by atoms with Crippen molar-refractivity contribution in [3.63, 3.8) is 0 Å². The van der Waals surface area contributed by atoms with Gasteiger partial charge in [0.05, 0.1) is 29.3 Å². The third-order valence-corrected chi connectivity index (χ3v) is 4.06. The lowest BCUT2D eigenvalue weighted by Crippen LogP contribution is -2.16. The molecule has 2 heterocycles. The summed E-state index contributed by atoms with van der Waals surface area (Å²) in [7, 11) is 0. The van der Waals surface area contributed by atoms with Crippen LogP contribution < -0.4 is 0 Å². The third kappa shape index (κ3) is 2.83. The number of ether oxygens (including phenoxy) is 1. The third-order valence-electron chi connectivity index (χ3n) is 2.95. The van der Waals surface area contributed by atoms with Gasteiger partial charge >= 0.3 is 0 Å². The van der Waals surface area contributed by atoms with Crippen LogP contribution in [0.1, 0.15) is 43.6 Å². The van der Waals surface area contributed by atoms with Crippen LogP contribution in [0.3, 0.4) is 0 Å². The molecule has 1 aliphatic heterocycles. The van der Waals surface area contributed by atoms with Gasteiger partial charge in [0.25, 0.3) is 0 Å². The Bertz CT molecular complexity index is 342. The quantitative estimate of drug-likeness (QED) is 0.800. The Morgan fingerprint density at radius 1 is 1.62 bits per heavy atom. The van der Waals surface area contributed by atoms with Crippen molar-refractivity contribution in [2.24, 2.45) is 0 Å². The minimum Gasteiger partial charge on any atom is -0.373 e. The average molecular weight is 288 g/mol. The van der Waals surface area contributed by atoms with Crippen molar-refractivity contribution in [3.8, 4) is 0 Å². The summed E-state index contributed by atoms with van der Waals surface area (Å²) in [6.07, 6.45) is 6.02. The minimum atomic E-state index is 0.306. The summed E-state index contributed by atoms with van der Waals surface area (Å²) < 4.78 is 7.65. The molecule has 0 spiro atoms. The Morgan fingerprint density at radius 3 is 3.06 bits per heavy atom. The SMILES string of the molecule is CCC(Br)c1cn(CC2CCC(C)O2)nn1. The van der Waals surface area contributed by atoms with Gasteiger partial charge in [-0.2, -0.15) is 0 Å². The van der Waals surface area contributed by atoms with E-state index in [1.54, 1.807) is 0 Å². The number of rotatable bonds is 4. The molecule has 0 N–H and O–H groups in total. The molecule has 1 aliphatic rings. The Labute approximate surface area is 104 Å². The number of hydrogen-bond acceptors (Lipinski definition) is 3. The molecule has 0 aromatic carbocycles. The van der Waals surface area contributed by atoms with Crippen molar-refractivity contribution >= 4 is 15.9 Å². The molecule has 90 valence electrons. The van der Waals surface area contributed by atoms with Gasteiger partial charge in [0.1, 0.15) is 0 Å². The van der Waals surface area contributed by atoms with Crippen LogP contribution >= 0.6 is 15.9 Å². The van der Waals surface area contributed by atoms with Crippen LogP contribution in [0, 0.1) is 0 Å². The molecular weight excluding hydrogens is 270 g/mol. The summed E-state index contributed by atoms with van der Waals surface area (Å²) in [5.41, 5.74) is 1.01. The van der Waals surface area contributed by atoms with Crippen LogP contribution in [0.25, 0.3) is 0 Å². The smallest absolute Gasteiger partial charge is 0.0963 e. The Morgan fingerprint density at radius 2 is 2.44 bits per heavy atom.